The topological polar surface area (TPSA) is 3.24 Å². The van der Waals surface area contributed by atoms with Crippen LogP contribution in [0.4, 0.5) is 5.69 Å². The van der Waals surface area contributed by atoms with Crippen LogP contribution in [0.5, 0.6) is 0 Å². The maximum absolute atomic E-state index is 2.75. The third-order valence-corrected chi connectivity index (χ3v) is 11.2. The van der Waals surface area contributed by atoms with E-state index in [9.17, 15) is 0 Å². The Kier molecular flexibility index (Phi) is 4.87. The molecule has 1 aromatic rings. The molecule has 0 saturated heterocycles. The van der Waals surface area contributed by atoms with E-state index in [2.05, 4.69) is 82.6 Å². The van der Waals surface area contributed by atoms with Gasteiger partial charge in [0, 0.05) is 12.2 Å². The average Bonchev–Trinajstić information content (AvgIpc) is 2.65. The van der Waals surface area contributed by atoms with E-state index in [1.54, 1.807) is 0 Å². The standard InChI is InChI=1S/C19H33NSi/c1-8-20(18-12-10-9-11-13-18)21(6,7)19-16(4)14(2)15(3)17(19)5/h9-17,19H,8H2,1-7H3. The monoisotopic (exact) mass is 303 g/mol. The van der Waals surface area contributed by atoms with Gasteiger partial charge >= 0.3 is 0 Å². The SMILES string of the molecule is CCN(c1ccccc1)[Si](C)(C)C1C(C)C(C)C(C)C1C. The smallest absolute Gasteiger partial charge is 0.154 e. The molecule has 4 unspecified atom stereocenters. The van der Waals surface area contributed by atoms with Crippen LogP contribution in [0.2, 0.25) is 18.6 Å². The van der Waals surface area contributed by atoms with Crippen LogP contribution in [-0.4, -0.2) is 14.8 Å². The lowest BCUT2D eigenvalue weighted by Gasteiger charge is -2.46. The van der Waals surface area contributed by atoms with Gasteiger partial charge in [0.25, 0.3) is 0 Å². The van der Waals surface area contributed by atoms with Crippen LogP contribution in [0.25, 0.3) is 0 Å². The van der Waals surface area contributed by atoms with Crippen molar-refractivity contribution in [2.75, 3.05) is 11.1 Å². The lowest BCUT2D eigenvalue weighted by atomic mass is 9.92. The number of hydrogen-bond acceptors (Lipinski definition) is 1. The minimum atomic E-state index is -1.52. The molecule has 0 spiro atoms. The Hall–Kier alpha value is -0.763. The van der Waals surface area contributed by atoms with E-state index in [4.69, 9.17) is 0 Å². The predicted octanol–water partition coefficient (Wildman–Crippen LogP) is 5.65. The van der Waals surface area contributed by atoms with Crippen molar-refractivity contribution in [1.82, 2.24) is 0 Å². The van der Waals surface area contributed by atoms with Crippen LogP contribution >= 0.6 is 0 Å². The highest BCUT2D eigenvalue weighted by atomic mass is 28.3. The second kappa shape index (κ2) is 6.16. The maximum Gasteiger partial charge on any atom is 0.154 e. The highest BCUT2D eigenvalue weighted by Gasteiger charge is 2.51. The van der Waals surface area contributed by atoms with Crippen LogP contribution in [0.3, 0.4) is 0 Å². The van der Waals surface area contributed by atoms with Gasteiger partial charge in [0.05, 0.1) is 0 Å². The Balaban J connectivity index is 2.36. The molecule has 1 fully saturated rings. The molecular weight excluding hydrogens is 270 g/mol. The molecule has 0 amide bonds. The number of nitrogens with zero attached hydrogens (tertiary/aromatic N) is 1. The van der Waals surface area contributed by atoms with E-state index in [0.29, 0.717) is 0 Å². The van der Waals surface area contributed by atoms with Gasteiger partial charge in [0.1, 0.15) is 0 Å². The van der Waals surface area contributed by atoms with Crippen molar-refractivity contribution in [2.24, 2.45) is 23.7 Å². The first-order valence-electron chi connectivity index (χ1n) is 8.65. The van der Waals surface area contributed by atoms with Crippen LogP contribution in [0, 0.1) is 23.7 Å². The Morgan fingerprint density at radius 3 is 1.76 bits per heavy atom. The summed E-state index contributed by atoms with van der Waals surface area (Å²) in [6.07, 6.45) is 0. The van der Waals surface area contributed by atoms with Crippen molar-refractivity contribution >= 4 is 13.9 Å². The van der Waals surface area contributed by atoms with Crippen LogP contribution in [0.15, 0.2) is 30.3 Å². The number of hydrogen-bond donors (Lipinski definition) is 0. The molecule has 0 N–H and O–H groups in total. The number of benzene rings is 1. The summed E-state index contributed by atoms with van der Waals surface area (Å²) >= 11 is 0. The quantitative estimate of drug-likeness (QED) is 0.650. The largest absolute Gasteiger partial charge is 0.398 e. The van der Waals surface area contributed by atoms with Gasteiger partial charge in [-0.1, -0.05) is 59.0 Å². The van der Waals surface area contributed by atoms with E-state index < -0.39 is 8.24 Å². The number of anilines is 1. The van der Waals surface area contributed by atoms with Gasteiger partial charge in [0.2, 0.25) is 0 Å². The molecule has 0 radical (unpaired) electrons. The lowest BCUT2D eigenvalue weighted by Crippen LogP contribution is -2.54. The molecule has 118 valence electrons. The Bertz CT molecular complexity index is 442. The molecule has 0 heterocycles. The second-order valence-corrected chi connectivity index (χ2v) is 12.2. The summed E-state index contributed by atoms with van der Waals surface area (Å²) in [6.45, 7) is 18.6. The normalized spacial score (nSPS) is 33.2. The van der Waals surface area contributed by atoms with Gasteiger partial charge in [-0.3, -0.25) is 0 Å². The molecule has 0 aliphatic heterocycles. The molecule has 1 aromatic carbocycles. The number of rotatable bonds is 4. The molecule has 0 aromatic heterocycles. The van der Waals surface area contributed by atoms with Crippen LogP contribution < -0.4 is 4.57 Å². The van der Waals surface area contributed by atoms with Gasteiger partial charge in [-0.25, -0.2) is 0 Å². The first kappa shape index (κ1) is 16.6. The van der Waals surface area contributed by atoms with Crippen molar-refractivity contribution in [3.05, 3.63) is 30.3 Å². The fourth-order valence-corrected chi connectivity index (χ4v) is 10.3. The fraction of sp³-hybridized carbons (Fsp3) is 0.684. The van der Waals surface area contributed by atoms with Crippen molar-refractivity contribution in [2.45, 2.75) is 53.3 Å². The zero-order valence-corrected chi connectivity index (χ0v) is 15.9. The van der Waals surface area contributed by atoms with Gasteiger partial charge in [0.15, 0.2) is 8.24 Å². The van der Waals surface area contributed by atoms with Crippen molar-refractivity contribution in [3.63, 3.8) is 0 Å². The second-order valence-electron chi connectivity index (χ2n) is 7.70. The van der Waals surface area contributed by atoms with E-state index in [0.717, 1.165) is 35.8 Å². The highest BCUT2D eigenvalue weighted by molar-refractivity contribution is 6.82. The van der Waals surface area contributed by atoms with Crippen molar-refractivity contribution < 1.29 is 0 Å². The minimum absolute atomic E-state index is 0.842. The molecule has 2 rings (SSSR count). The third-order valence-electron chi connectivity index (χ3n) is 6.52. The summed E-state index contributed by atoms with van der Waals surface area (Å²) in [4.78, 5) is 0. The molecule has 1 aliphatic rings. The summed E-state index contributed by atoms with van der Waals surface area (Å²) in [5, 5.41) is 0. The number of para-hydroxylation sites is 1. The van der Waals surface area contributed by atoms with Crippen LogP contribution in [-0.2, 0) is 0 Å². The van der Waals surface area contributed by atoms with Crippen molar-refractivity contribution in [1.29, 1.82) is 0 Å². The minimum Gasteiger partial charge on any atom is -0.398 e. The molecule has 4 atom stereocenters. The molecular formula is C19H33NSi. The molecule has 0 bridgehead atoms. The first-order chi connectivity index (χ1) is 9.82. The van der Waals surface area contributed by atoms with E-state index >= 15 is 0 Å². The van der Waals surface area contributed by atoms with E-state index in [-0.39, 0.29) is 0 Å². The summed E-state index contributed by atoms with van der Waals surface area (Å²) in [6, 6.07) is 11.0. The molecule has 21 heavy (non-hydrogen) atoms. The van der Waals surface area contributed by atoms with Gasteiger partial charge in [-0.2, -0.15) is 0 Å². The lowest BCUT2D eigenvalue weighted by molar-refractivity contribution is 0.352. The zero-order chi connectivity index (χ0) is 15.8. The summed E-state index contributed by atoms with van der Waals surface area (Å²) in [7, 11) is -1.52. The summed E-state index contributed by atoms with van der Waals surface area (Å²) < 4.78 is 2.75. The summed E-state index contributed by atoms with van der Waals surface area (Å²) in [5.41, 5.74) is 2.30. The molecule has 1 nitrogen and oxygen atoms in total. The molecule has 1 saturated carbocycles. The third kappa shape index (κ3) is 2.79. The summed E-state index contributed by atoms with van der Waals surface area (Å²) in [5.74, 6) is 3.39. The average molecular weight is 304 g/mol. The molecule has 2 heteroatoms. The Labute approximate surface area is 132 Å². The Morgan fingerprint density at radius 1 is 0.857 bits per heavy atom. The van der Waals surface area contributed by atoms with Gasteiger partial charge < -0.3 is 4.57 Å². The Morgan fingerprint density at radius 2 is 1.33 bits per heavy atom. The first-order valence-corrected chi connectivity index (χ1v) is 11.7. The predicted molar refractivity (Wildman–Crippen MR) is 97.4 cm³/mol. The van der Waals surface area contributed by atoms with Crippen molar-refractivity contribution in [3.8, 4) is 0 Å². The fourth-order valence-electron chi connectivity index (χ4n) is 5.09. The maximum atomic E-state index is 2.75. The van der Waals surface area contributed by atoms with E-state index in [1.807, 2.05) is 0 Å². The van der Waals surface area contributed by atoms with E-state index in [1.165, 1.54) is 5.69 Å². The molecule has 1 aliphatic carbocycles. The van der Waals surface area contributed by atoms with Crippen LogP contribution in [0.1, 0.15) is 34.6 Å². The van der Waals surface area contributed by atoms with Gasteiger partial charge in [-0.05, 0) is 48.3 Å². The highest BCUT2D eigenvalue weighted by Crippen LogP contribution is 2.54. The zero-order valence-electron chi connectivity index (χ0n) is 14.9. The van der Waals surface area contributed by atoms with Gasteiger partial charge in [-0.15, -0.1) is 0 Å².